The average Bonchev–Trinajstić information content (AvgIpc) is 3.02. The lowest BCUT2D eigenvalue weighted by molar-refractivity contribution is 0.0621. The number of imidazole rings is 1. The number of hydrogen-bond donors (Lipinski definition) is 1. The van der Waals surface area contributed by atoms with Gasteiger partial charge in [-0.25, -0.2) is 4.98 Å². The van der Waals surface area contributed by atoms with Crippen LogP contribution in [0.4, 0.5) is 5.95 Å². The van der Waals surface area contributed by atoms with E-state index in [-0.39, 0.29) is 11.3 Å². The van der Waals surface area contributed by atoms with Gasteiger partial charge in [0, 0.05) is 31.6 Å². The monoisotopic (exact) mass is 308 g/mol. The summed E-state index contributed by atoms with van der Waals surface area (Å²) in [6, 6.07) is 0.253. The van der Waals surface area contributed by atoms with E-state index in [0.29, 0.717) is 17.8 Å². The lowest BCUT2D eigenvalue weighted by Gasteiger charge is -2.28. The van der Waals surface area contributed by atoms with Crippen LogP contribution in [0.15, 0.2) is 18.7 Å². The first-order chi connectivity index (χ1) is 10.2. The van der Waals surface area contributed by atoms with E-state index in [1.54, 1.807) is 23.3 Å². The minimum Gasteiger partial charge on any atom is -0.381 e. The SMILES string of the molecule is CC(Nc1nc(Cl)nc(-n2ccnc2)n1)C1CCOCC1. The maximum Gasteiger partial charge on any atom is 0.241 e. The van der Waals surface area contributed by atoms with Gasteiger partial charge in [-0.05, 0) is 37.3 Å². The van der Waals surface area contributed by atoms with Crippen molar-refractivity contribution in [3.05, 3.63) is 24.0 Å². The second-order valence-electron chi connectivity index (χ2n) is 5.08. The Morgan fingerprint density at radius 1 is 1.33 bits per heavy atom. The zero-order valence-electron chi connectivity index (χ0n) is 11.7. The summed E-state index contributed by atoms with van der Waals surface area (Å²) in [7, 11) is 0. The average molecular weight is 309 g/mol. The fourth-order valence-corrected chi connectivity index (χ4v) is 2.59. The van der Waals surface area contributed by atoms with E-state index in [9.17, 15) is 0 Å². The Kier molecular flexibility index (Phi) is 4.31. The van der Waals surface area contributed by atoms with Crippen LogP contribution in [0.25, 0.3) is 5.95 Å². The number of halogens is 1. The molecule has 0 saturated carbocycles. The van der Waals surface area contributed by atoms with Gasteiger partial charge in [-0.2, -0.15) is 15.0 Å². The summed E-state index contributed by atoms with van der Waals surface area (Å²) in [4.78, 5) is 16.6. The first-order valence-corrected chi connectivity index (χ1v) is 7.34. The van der Waals surface area contributed by atoms with Crippen molar-refractivity contribution >= 4 is 17.5 Å². The fraction of sp³-hybridized carbons (Fsp3) is 0.538. The third kappa shape index (κ3) is 3.48. The molecule has 1 aliphatic heterocycles. The van der Waals surface area contributed by atoms with Gasteiger partial charge in [-0.3, -0.25) is 4.57 Å². The van der Waals surface area contributed by atoms with Crippen LogP contribution in [0, 0.1) is 5.92 Å². The topological polar surface area (TPSA) is 77.8 Å². The van der Waals surface area contributed by atoms with Crippen molar-refractivity contribution in [2.45, 2.75) is 25.8 Å². The molecule has 0 aromatic carbocycles. The first kappa shape index (κ1) is 14.2. The van der Waals surface area contributed by atoms with Crippen LogP contribution in [0.3, 0.4) is 0 Å². The highest BCUT2D eigenvalue weighted by Gasteiger charge is 2.21. The highest BCUT2D eigenvalue weighted by Crippen LogP contribution is 2.21. The molecular weight excluding hydrogens is 292 g/mol. The summed E-state index contributed by atoms with van der Waals surface area (Å²) >= 11 is 5.98. The van der Waals surface area contributed by atoms with Gasteiger partial charge in [-0.1, -0.05) is 0 Å². The standard InChI is InChI=1S/C13H17ClN6O/c1-9(10-2-6-21-7-3-10)16-12-17-11(14)18-13(19-12)20-5-4-15-8-20/h4-5,8-10H,2-3,6-7H2,1H3,(H,16,17,18,19). The van der Waals surface area contributed by atoms with E-state index in [4.69, 9.17) is 16.3 Å². The van der Waals surface area contributed by atoms with E-state index >= 15 is 0 Å². The maximum atomic E-state index is 5.98. The molecule has 112 valence electrons. The van der Waals surface area contributed by atoms with Gasteiger partial charge in [0.05, 0.1) is 0 Å². The van der Waals surface area contributed by atoms with E-state index in [1.165, 1.54) is 0 Å². The summed E-state index contributed by atoms with van der Waals surface area (Å²) in [5, 5.41) is 3.48. The number of ether oxygens (including phenoxy) is 1. The molecule has 0 spiro atoms. The van der Waals surface area contributed by atoms with E-state index < -0.39 is 0 Å². The van der Waals surface area contributed by atoms with Gasteiger partial charge in [0.15, 0.2) is 0 Å². The minimum atomic E-state index is 0.162. The second kappa shape index (κ2) is 6.36. The number of nitrogens with one attached hydrogen (secondary N) is 1. The van der Waals surface area contributed by atoms with Gasteiger partial charge in [0.2, 0.25) is 17.2 Å². The zero-order chi connectivity index (χ0) is 14.7. The van der Waals surface area contributed by atoms with Crippen molar-refractivity contribution < 1.29 is 4.74 Å². The van der Waals surface area contributed by atoms with Gasteiger partial charge in [-0.15, -0.1) is 0 Å². The van der Waals surface area contributed by atoms with Gasteiger partial charge in [0.1, 0.15) is 6.33 Å². The molecule has 7 nitrogen and oxygen atoms in total. The highest BCUT2D eigenvalue weighted by atomic mass is 35.5. The summed E-state index contributed by atoms with van der Waals surface area (Å²) in [5.41, 5.74) is 0. The van der Waals surface area contributed by atoms with Crippen LogP contribution in [0.5, 0.6) is 0 Å². The van der Waals surface area contributed by atoms with Crippen LogP contribution >= 0.6 is 11.6 Å². The van der Waals surface area contributed by atoms with Gasteiger partial charge in [0.25, 0.3) is 0 Å². The Bertz CT molecular complexity index is 584. The number of hydrogen-bond acceptors (Lipinski definition) is 6. The van der Waals surface area contributed by atoms with E-state index in [2.05, 4.69) is 32.2 Å². The number of nitrogens with zero attached hydrogens (tertiary/aromatic N) is 5. The zero-order valence-corrected chi connectivity index (χ0v) is 12.5. The summed E-state index contributed by atoms with van der Waals surface area (Å²) in [6.45, 7) is 3.76. The van der Waals surface area contributed by atoms with Crippen LogP contribution in [-0.2, 0) is 4.74 Å². The molecule has 0 bridgehead atoms. The van der Waals surface area contributed by atoms with Crippen molar-refractivity contribution in [1.82, 2.24) is 24.5 Å². The molecule has 0 aliphatic carbocycles. The summed E-state index contributed by atoms with van der Waals surface area (Å²) in [6.07, 6.45) is 7.13. The van der Waals surface area contributed by atoms with Crippen molar-refractivity contribution in [1.29, 1.82) is 0 Å². The number of aromatic nitrogens is 5. The lowest BCUT2D eigenvalue weighted by atomic mass is 9.93. The van der Waals surface area contributed by atoms with Gasteiger partial charge < -0.3 is 10.1 Å². The smallest absolute Gasteiger partial charge is 0.241 e. The Morgan fingerprint density at radius 2 is 2.14 bits per heavy atom. The third-order valence-corrected chi connectivity index (χ3v) is 3.83. The molecule has 3 rings (SSSR count). The molecule has 1 N–H and O–H groups in total. The van der Waals surface area contributed by atoms with Crippen LogP contribution < -0.4 is 5.32 Å². The third-order valence-electron chi connectivity index (χ3n) is 3.66. The molecule has 2 aromatic rings. The molecular formula is C13H17ClN6O. The molecule has 3 heterocycles. The van der Waals surface area contributed by atoms with Crippen LogP contribution in [0.1, 0.15) is 19.8 Å². The summed E-state index contributed by atoms with van der Waals surface area (Å²) in [5.74, 6) is 1.48. The quantitative estimate of drug-likeness (QED) is 0.930. The lowest BCUT2D eigenvalue weighted by Crippen LogP contribution is -2.31. The van der Waals surface area contributed by atoms with Crippen LogP contribution in [0.2, 0.25) is 5.28 Å². The molecule has 1 saturated heterocycles. The van der Waals surface area contributed by atoms with Crippen LogP contribution in [-0.4, -0.2) is 43.8 Å². The first-order valence-electron chi connectivity index (χ1n) is 6.96. The predicted octanol–water partition coefficient (Wildman–Crippen LogP) is 1.94. The largest absolute Gasteiger partial charge is 0.381 e. The second-order valence-corrected chi connectivity index (χ2v) is 5.42. The van der Waals surface area contributed by atoms with Crippen molar-refractivity contribution in [3.63, 3.8) is 0 Å². The normalized spacial score (nSPS) is 17.6. The molecule has 8 heteroatoms. The molecule has 1 aliphatic rings. The molecule has 1 unspecified atom stereocenters. The van der Waals surface area contributed by atoms with Crippen molar-refractivity contribution in [2.24, 2.45) is 5.92 Å². The van der Waals surface area contributed by atoms with Crippen molar-refractivity contribution in [2.75, 3.05) is 18.5 Å². The molecule has 1 atom stereocenters. The number of rotatable bonds is 4. The fourth-order valence-electron chi connectivity index (χ4n) is 2.43. The van der Waals surface area contributed by atoms with Gasteiger partial charge >= 0.3 is 0 Å². The maximum absolute atomic E-state index is 5.98. The molecule has 0 amide bonds. The predicted molar refractivity (Wildman–Crippen MR) is 78.6 cm³/mol. The van der Waals surface area contributed by atoms with E-state index in [1.807, 2.05) is 0 Å². The molecule has 0 radical (unpaired) electrons. The molecule has 1 fully saturated rings. The Labute approximate surface area is 127 Å². The minimum absolute atomic E-state index is 0.162. The summed E-state index contributed by atoms with van der Waals surface area (Å²) < 4.78 is 7.08. The highest BCUT2D eigenvalue weighted by molar-refractivity contribution is 6.28. The Hall–Kier alpha value is -1.73. The van der Waals surface area contributed by atoms with E-state index in [0.717, 1.165) is 26.1 Å². The molecule has 21 heavy (non-hydrogen) atoms. The number of anilines is 1. The Balaban J connectivity index is 1.75. The Morgan fingerprint density at radius 3 is 2.86 bits per heavy atom. The molecule has 2 aromatic heterocycles. The van der Waals surface area contributed by atoms with Crippen molar-refractivity contribution in [3.8, 4) is 5.95 Å².